The highest BCUT2D eigenvalue weighted by Gasteiger charge is 2.26. The predicted octanol–water partition coefficient (Wildman–Crippen LogP) is 2.50. The second-order valence-corrected chi connectivity index (χ2v) is 4.85. The van der Waals surface area contributed by atoms with Crippen LogP contribution in [0.25, 0.3) is 0 Å². The van der Waals surface area contributed by atoms with Gasteiger partial charge in [-0.1, -0.05) is 25.5 Å². The van der Waals surface area contributed by atoms with Gasteiger partial charge in [0.2, 0.25) is 0 Å². The van der Waals surface area contributed by atoms with Gasteiger partial charge in [-0.15, -0.1) is 0 Å². The number of likely N-dealkylation sites (tertiary alicyclic amines) is 1. The Hall–Kier alpha value is -1.35. The standard InChI is InChI=1S/C15H21NO2/c1-3-5-12-6-4-7-13(10-12)15(17)16-9-8-14(11-16)18-2/h4,6-7,10,14H,3,5,8-9,11H2,1-2H3/t14-/m1/s1. The van der Waals surface area contributed by atoms with Crippen LogP contribution in [-0.2, 0) is 11.2 Å². The molecule has 1 fully saturated rings. The molecule has 1 aromatic carbocycles. The van der Waals surface area contributed by atoms with E-state index in [0.29, 0.717) is 6.54 Å². The summed E-state index contributed by atoms with van der Waals surface area (Å²) in [6.45, 7) is 3.67. The summed E-state index contributed by atoms with van der Waals surface area (Å²) in [5.41, 5.74) is 2.04. The Kier molecular flexibility index (Phi) is 4.37. The van der Waals surface area contributed by atoms with Gasteiger partial charge in [-0.25, -0.2) is 0 Å². The number of ether oxygens (including phenoxy) is 1. The molecule has 1 aromatic rings. The Morgan fingerprint density at radius 3 is 3.00 bits per heavy atom. The highest BCUT2D eigenvalue weighted by molar-refractivity contribution is 5.94. The first-order chi connectivity index (χ1) is 8.74. The summed E-state index contributed by atoms with van der Waals surface area (Å²) in [5.74, 6) is 0.132. The van der Waals surface area contributed by atoms with Gasteiger partial charge in [0, 0.05) is 25.8 Å². The van der Waals surface area contributed by atoms with Crippen LogP contribution < -0.4 is 0 Å². The molecule has 1 amide bonds. The Morgan fingerprint density at radius 2 is 2.33 bits per heavy atom. The molecule has 0 aromatic heterocycles. The minimum atomic E-state index is 0.132. The van der Waals surface area contributed by atoms with E-state index < -0.39 is 0 Å². The molecule has 98 valence electrons. The van der Waals surface area contributed by atoms with Crippen LogP contribution in [0.2, 0.25) is 0 Å². The number of nitrogens with zero attached hydrogens (tertiary/aromatic N) is 1. The van der Waals surface area contributed by atoms with Gasteiger partial charge in [0.05, 0.1) is 6.10 Å². The van der Waals surface area contributed by atoms with Crippen LogP contribution >= 0.6 is 0 Å². The van der Waals surface area contributed by atoms with Gasteiger partial charge in [0.25, 0.3) is 5.91 Å². The third kappa shape index (κ3) is 2.91. The number of carbonyl (C=O) groups is 1. The number of hydrogen-bond donors (Lipinski definition) is 0. The number of rotatable bonds is 4. The number of carbonyl (C=O) groups excluding carboxylic acids is 1. The summed E-state index contributed by atoms with van der Waals surface area (Å²) in [5, 5.41) is 0. The summed E-state index contributed by atoms with van der Waals surface area (Å²) in [6, 6.07) is 7.98. The quantitative estimate of drug-likeness (QED) is 0.818. The summed E-state index contributed by atoms with van der Waals surface area (Å²) in [6.07, 6.45) is 3.28. The van der Waals surface area contributed by atoms with E-state index in [-0.39, 0.29) is 12.0 Å². The Bertz CT molecular complexity index is 417. The molecule has 0 bridgehead atoms. The van der Waals surface area contributed by atoms with Crippen LogP contribution in [0.5, 0.6) is 0 Å². The normalized spacial score (nSPS) is 19.2. The summed E-state index contributed by atoms with van der Waals surface area (Å²) in [7, 11) is 1.71. The second kappa shape index (κ2) is 6.01. The number of aryl methyl sites for hydroxylation is 1. The van der Waals surface area contributed by atoms with Crippen molar-refractivity contribution >= 4 is 5.91 Å². The van der Waals surface area contributed by atoms with E-state index in [9.17, 15) is 4.79 Å². The van der Waals surface area contributed by atoms with Crippen molar-refractivity contribution in [1.82, 2.24) is 4.90 Å². The van der Waals surface area contributed by atoms with E-state index in [4.69, 9.17) is 4.74 Å². The van der Waals surface area contributed by atoms with Gasteiger partial charge in [-0.2, -0.15) is 0 Å². The molecule has 1 aliphatic rings. The average Bonchev–Trinajstić information content (AvgIpc) is 2.87. The lowest BCUT2D eigenvalue weighted by molar-refractivity contribution is 0.0724. The first-order valence-corrected chi connectivity index (χ1v) is 6.65. The summed E-state index contributed by atoms with van der Waals surface area (Å²) in [4.78, 5) is 14.2. The molecular weight excluding hydrogens is 226 g/mol. The van der Waals surface area contributed by atoms with Crippen molar-refractivity contribution in [3.8, 4) is 0 Å². The van der Waals surface area contributed by atoms with Crippen LogP contribution in [0.4, 0.5) is 0 Å². The van der Waals surface area contributed by atoms with E-state index in [2.05, 4.69) is 13.0 Å². The van der Waals surface area contributed by atoms with Crippen molar-refractivity contribution in [2.75, 3.05) is 20.2 Å². The zero-order valence-corrected chi connectivity index (χ0v) is 11.2. The molecule has 0 saturated carbocycles. The minimum Gasteiger partial charge on any atom is -0.380 e. The van der Waals surface area contributed by atoms with E-state index in [1.165, 1.54) is 5.56 Å². The maximum atomic E-state index is 12.3. The molecule has 0 unspecified atom stereocenters. The summed E-state index contributed by atoms with van der Waals surface area (Å²) >= 11 is 0. The Balaban J connectivity index is 2.07. The zero-order valence-electron chi connectivity index (χ0n) is 11.2. The van der Waals surface area contributed by atoms with E-state index in [1.807, 2.05) is 23.1 Å². The van der Waals surface area contributed by atoms with Crippen LogP contribution in [0.3, 0.4) is 0 Å². The van der Waals surface area contributed by atoms with Gasteiger partial charge >= 0.3 is 0 Å². The lowest BCUT2D eigenvalue weighted by Crippen LogP contribution is -2.29. The molecule has 2 rings (SSSR count). The minimum absolute atomic E-state index is 0.132. The molecular formula is C15H21NO2. The van der Waals surface area contributed by atoms with E-state index >= 15 is 0 Å². The fourth-order valence-corrected chi connectivity index (χ4v) is 2.44. The van der Waals surface area contributed by atoms with Crippen molar-refractivity contribution < 1.29 is 9.53 Å². The van der Waals surface area contributed by atoms with Gasteiger partial charge in [-0.3, -0.25) is 4.79 Å². The fourth-order valence-electron chi connectivity index (χ4n) is 2.44. The van der Waals surface area contributed by atoms with Gasteiger partial charge in [0.1, 0.15) is 0 Å². The first kappa shape index (κ1) is 13.1. The van der Waals surface area contributed by atoms with Crippen LogP contribution in [0.15, 0.2) is 24.3 Å². The molecule has 1 heterocycles. The van der Waals surface area contributed by atoms with Crippen molar-refractivity contribution in [2.45, 2.75) is 32.3 Å². The fraction of sp³-hybridized carbons (Fsp3) is 0.533. The van der Waals surface area contributed by atoms with Crippen molar-refractivity contribution in [2.24, 2.45) is 0 Å². The van der Waals surface area contributed by atoms with Crippen molar-refractivity contribution in [3.63, 3.8) is 0 Å². The first-order valence-electron chi connectivity index (χ1n) is 6.65. The zero-order chi connectivity index (χ0) is 13.0. The van der Waals surface area contributed by atoms with Crippen LogP contribution in [0.1, 0.15) is 35.7 Å². The Morgan fingerprint density at radius 1 is 1.50 bits per heavy atom. The maximum Gasteiger partial charge on any atom is 0.253 e. The highest BCUT2D eigenvalue weighted by atomic mass is 16.5. The number of methoxy groups -OCH3 is 1. The Labute approximate surface area is 109 Å². The molecule has 1 atom stereocenters. The third-order valence-corrected chi connectivity index (χ3v) is 3.48. The molecule has 1 saturated heterocycles. The van der Waals surface area contributed by atoms with Crippen molar-refractivity contribution in [1.29, 1.82) is 0 Å². The molecule has 3 nitrogen and oxygen atoms in total. The smallest absolute Gasteiger partial charge is 0.253 e. The van der Waals surface area contributed by atoms with Crippen LogP contribution in [0, 0.1) is 0 Å². The highest BCUT2D eigenvalue weighted by Crippen LogP contribution is 2.16. The topological polar surface area (TPSA) is 29.5 Å². The van der Waals surface area contributed by atoms with Crippen LogP contribution in [-0.4, -0.2) is 37.1 Å². The van der Waals surface area contributed by atoms with E-state index in [0.717, 1.165) is 31.4 Å². The molecule has 0 N–H and O–H groups in total. The number of amides is 1. The SMILES string of the molecule is CCCc1cccc(C(=O)N2CC[C@@H](OC)C2)c1. The predicted molar refractivity (Wildman–Crippen MR) is 71.8 cm³/mol. The molecule has 0 aliphatic carbocycles. The summed E-state index contributed by atoms with van der Waals surface area (Å²) < 4.78 is 5.30. The number of hydrogen-bond acceptors (Lipinski definition) is 2. The van der Waals surface area contributed by atoms with Gasteiger partial charge in [-0.05, 0) is 30.5 Å². The lowest BCUT2D eigenvalue weighted by atomic mass is 10.1. The second-order valence-electron chi connectivity index (χ2n) is 4.85. The molecule has 18 heavy (non-hydrogen) atoms. The number of benzene rings is 1. The van der Waals surface area contributed by atoms with E-state index in [1.54, 1.807) is 7.11 Å². The monoisotopic (exact) mass is 247 g/mol. The largest absolute Gasteiger partial charge is 0.380 e. The van der Waals surface area contributed by atoms with Crippen molar-refractivity contribution in [3.05, 3.63) is 35.4 Å². The third-order valence-electron chi connectivity index (χ3n) is 3.48. The molecule has 0 radical (unpaired) electrons. The lowest BCUT2D eigenvalue weighted by Gasteiger charge is -2.16. The maximum absolute atomic E-state index is 12.3. The average molecular weight is 247 g/mol. The molecule has 0 spiro atoms. The van der Waals surface area contributed by atoms with Gasteiger partial charge in [0.15, 0.2) is 0 Å². The molecule has 1 aliphatic heterocycles. The van der Waals surface area contributed by atoms with Gasteiger partial charge < -0.3 is 9.64 Å². The molecule has 3 heteroatoms.